The fourth-order valence-corrected chi connectivity index (χ4v) is 3.02. The van der Waals surface area contributed by atoms with Crippen LogP contribution in [0, 0.1) is 10.4 Å². The number of hydrazine groups is 1. The summed E-state index contributed by atoms with van der Waals surface area (Å²) in [5.41, 5.74) is 5.58. The zero-order valence-corrected chi connectivity index (χ0v) is 14.1. The Bertz CT molecular complexity index is 622. The molecule has 0 saturated heterocycles. The van der Waals surface area contributed by atoms with Gasteiger partial charge in [-0.1, -0.05) is 0 Å². The van der Waals surface area contributed by atoms with E-state index in [1.54, 1.807) is 7.11 Å². The second-order valence-corrected chi connectivity index (χ2v) is 6.17. The van der Waals surface area contributed by atoms with Crippen molar-refractivity contribution >= 4 is 17.3 Å². The molecule has 1 N–H and O–H groups in total. The number of hydrogen-bond acceptors (Lipinski definition) is 6. The van der Waals surface area contributed by atoms with E-state index in [1.807, 2.05) is 19.2 Å². The molecule has 1 aliphatic carbocycles. The van der Waals surface area contributed by atoms with Crippen LogP contribution in [0.15, 0.2) is 17.1 Å². The summed E-state index contributed by atoms with van der Waals surface area (Å²) in [4.78, 5) is 6.31. The molecule has 24 heavy (non-hydrogen) atoms. The van der Waals surface area contributed by atoms with Gasteiger partial charge in [0.05, 0.1) is 24.5 Å². The van der Waals surface area contributed by atoms with E-state index >= 15 is 0 Å². The van der Waals surface area contributed by atoms with E-state index in [0.717, 1.165) is 42.0 Å². The molecule has 2 aliphatic rings. The van der Waals surface area contributed by atoms with Gasteiger partial charge in [0.1, 0.15) is 0 Å². The van der Waals surface area contributed by atoms with Crippen LogP contribution in [-0.2, 0) is 17.6 Å². The lowest BCUT2D eigenvalue weighted by Crippen LogP contribution is -2.51. The number of rotatable bonds is 6. The summed E-state index contributed by atoms with van der Waals surface area (Å²) in [7, 11) is 3.62. The zero-order valence-electron chi connectivity index (χ0n) is 14.1. The fourth-order valence-electron chi connectivity index (χ4n) is 3.02. The minimum Gasteiger partial charge on any atom is -0.752 e. The van der Waals surface area contributed by atoms with Crippen LogP contribution in [0.2, 0.25) is 0 Å². The lowest BCUT2D eigenvalue weighted by Gasteiger charge is -2.46. The van der Waals surface area contributed by atoms with Crippen molar-refractivity contribution in [1.29, 1.82) is 0 Å². The number of benzene rings is 1. The highest BCUT2D eigenvalue weighted by atomic mass is 16.6. The number of aryl methyl sites for hydroxylation is 2. The molecule has 0 bridgehead atoms. The largest absolute Gasteiger partial charge is 0.752 e. The molecule has 0 atom stereocenters. The molecule has 8 nitrogen and oxygen atoms in total. The number of hydroxylamine groups is 1. The molecule has 1 aromatic carbocycles. The molecule has 1 aliphatic heterocycles. The van der Waals surface area contributed by atoms with Crippen LogP contribution in [0.4, 0.5) is 11.4 Å². The van der Waals surface area contributed by atoms with Gasteiger partial charge < -0.3 is 30.3 Å². The summed E-state index contributed by atoms with van der Waals surface area (Å²) in [6.07, 6.45) is 2.99. The molecular weight excluding hydrogens is 310 g/mol. The van der Waals surface area contributed by atoms with E-state index in [9.17, 15) is 10.4 Å². The van der Waals surface area contributed by atoms with E-state index in [-0.39, 0.29) is 5.96 Å². The number of ether oxygens (including phenoxy) is 1. The number of aliphatic imine (C=N–C) groups is 1. The lowest BCUT2D eigenvalue weighted by molar-refractivity contribution is 0.163. The van der Waals surface area contributed by atoms with E-state index < -0.39 is 0 Å². The first-order valence-corrected chi connectivity index (χ1v) is 8.19. The van der Waals surface area contributed by atoms with Crippen LogP contribution in [-0.4, -0.2) is 51.3 Å². The van der Waals surface area contributed by atoms with E-state index in [4.69, 9.17) is 4.74 Å². The molecule has 1 heterocycles. The molecule has 0 saturated carbocycles. The predicted molar refractivity (Wildman–Crippen MR) is 95.0 cm³/mol. The van der Waals surface area contributed by atoms with Gasteiger partial charge in [-0.25, -0.2) is 0 Å². The molecule has 8 heteroatoms. The average Bonchev–Trinajstić information content (AvgIpc) is 3.03. The number of hydrogen-bond donors (Lipinski definition) is 1. The molecule has 0 aromatic heterocycles. The topological polar surface area (TPSA) is 89.5 Å². The van der Waals surface area contributed by atoms with Crippen LogP contribution in [0.3, 0.4) is 0 Å². The van der Waals surface area contributed by atoms with Crippen molar-refractivity contribution < 1.29 is 4.74 Å². The smallest absolute Gasteiger partial charge is 0.206 e. The number of fused-ring (bicyclic) bond motifs is 2. The maximum absolute atomic E-state index is 12.5. The maximum atomic E-state index is 12.5. The van der Waals surface area contributed by atoms with Crippen LogP contribution in [0.25, 0.3) is 0 Å². The quantitative estimate of drug-likeness (QED) is 0.837. The van der Waals surface area contributed by atoms with Gasteiger partial charge in [-0.15, -0.1) is 0 Å². The Balaban J connectivity index is 1.70. The monoisotopic (exact) mass is 333 g/mol. The Kier molecular flexibility index (Phi) is 5.20. The SMILES string of the molecule is COCCN(C)CCN=C1NN([O-])c2cc3c(cc2N1[O-])CCC3. The third-order valence-electron chi connectivity index (χ3n) is 4.44. The van der Waals surface area contributed by atoms with Gasteiger partial charge in [0.15, 0.2) is 0 Å². The Morgan fingerprint density at radius 1 is 1.21 bits per heavy atom. The maximum Gasteiger partial charge on any atom is 0.206 e. The second kappa shape index (κ2) is 7.35. The lowest BCUT2D eigenvalue weighted by atomic mass is 10.1. The summed E-state index contributed by atoms with van der Waals surface area (Å²) in [6, 6.07) is 3.65. The van der Waals surface area contributed by atoms with Crippen LogP contribution < -0.4 is 15.7 Å². The Morgan fingerprint density at radius 2 is 1.92 bits per heavy atom. The first-order valence-electron chi connectivity index (χ1n) is 8.19. The molecule has 0 amide bonds. The molecule has 0 unspecified atom stereocenters. The minimum absolute atomic E-state index is 0.0376. The van der Waals surface area contributed by atoms with Crippen molar-refractivity contribution in [2.45, 2.75) is 19.3 Å². The van der Waals surface area contributed by atoms with Crippen LogP contribution in [0.5, 0.6) is 0 Å². The van der Waals surface area contributed by atoms with E-state index in [1.165, 1.54) is 0 Å². The normalized spacial score (nSPS) is 18.1. The van der Waals surface area contributed by atoms with Gasteiger partial charge in [0.2, 0.25) is 5.96 Å². The van der Waals surface area contributed by atoms with Gasteiger partial charge in [0.25, 0.3) is 0 Å². The first kappa shape index (κ1) is 17.0. The number of methoxy groups -OCH3 is 1. The summed E-state index contributed by atoms with van der Waals surface area (Å²) >= 11 is 0. The third-order valence-corrected chi connectivity index (χ3v) is 4.44. The van der Waals surface area contributed by atoms with E-state index in [0.29, 0.717) is 36.2 Å². The standard InChI is InChI=1S/C16H23N5O3/c1-19(8-9-24-2)7-6-17-16-18-21(23)15-11-13-5-3-4-12(13)10-14(15)20(16)22/h10-11H,3-9H2,1-2H3,(H,17,18)/q-2. The molecule has 1 aromatic rings. The molecule has 132 valence electrons. The van der Waals surface area contributed by atoms with Crippen LogP contribution >= 0.6 is 0 Å². The Morgan fingerprint density at radius 3 is 2.62 bits per heavy atom. The summed E-state index contributed by atoms with van der Waals surface area (Å²) in [6.45, 7) is 2.54. The number of guanidine groups is 1. The van der Waals surface area contributed by atoms with Gasteiger partial charge >= 0.3 is 0 Å². The van der Waals surface area contributed by atoms with Gasteiger partial charge in [-0.3, -0.25) is 10.4 Å². The van der Waals surface area contributed by atoms with Crippen molar-refractivity contribution in [2.75, 3.05) is 50.6 Å². The average molecular weight is 333 g/mol. The van der Waals surface area contributed by atoms with Crippen molar-refractivity contribution in [1.82, 2.24) is 10.3 Å². The molecule has 0 fully saturated rings. The minimum atomic E-state index is 0.0376. The summed E-state index contributed by atoms with van der Waals surface area (Å²) in [5, 5.41) is 26.1. The highest BCUT2D eigenvalue weighted by Crippen LogP contribution is 2.37. The number of nitrogens with zero attached hydrogens (tertiary/aromatic N) is 4. The van der Waals surface area contributed by atoms with Crippen LogP contribution in [0.1, 0.15) is 17.5 Å². The van der Waals surface area contributed by atoms with Crippen molar-refractivity contribution in [2.24, 2.45) is 4.99 Å². The van der Waals surface area contributed by atoms with Gasteiger partial charge in [-0.05, 0) is 49.6 Å². The fraction of sp³-hybridized carbons (Fsp3) is 0.562. The van der Waals surface area contributed by atoms with Gasteiger partial charge in [0, 0.05) is 20.2 Å². The summed E-state index contributed by atoms with van der Waals surface area (Å²) < 4.78 is 5.02. The highest BCUT2D eigenvalue weighted by Gasteiger charge is 2.21. The van der Waals surface area contributed by atoms with Crippen molar-refractivity contribution in [3.8, 4) is 0 Å². The molecule has 0 spiro atoms. The summed E-state index contributed by atoms with van der Waals surface area (Å²) in [5.74, 6) is 0.0376. The van der Waals surface area contributed by atoms with Crippen molar-refractivity contribution in [3.63, 3.8) is 0 Å². The first-order chi connectivity index (χ1) is 11.6. The van der Waals surface area contributed by atoms with Crippen molar-refractivity contribution in [3.05, 3.63) is 33.7 Å². The molecule has 0 radical (unpaired) electrons. The number of nitrogens with one attached hydrogen (secondary N) is 1. The Labute approximate surface area is 141 Å². The zero-order chi connectivity index (χ0) is 17.1. The van der Waals surface area contributed by atoms with Gasteiger partial charge in [-0.2, -0.15) is 0 Å². The Hall–Kier alpha value is -1.87. The number of anilines is 2. The second-order valence-electron chi connectivity index (χ2n) is 6.17. The third kappa shape index (κ3) is 3.46. The predicted octanol–water partition coefficient (Wildman–Crippen LogP) is 1.24. The highest BCUT2D eigenvalue weighted by molar-refractivity contribution is 6.04. The molecule has 3 rings (SSSR count). The van der Waals surface area contributed by atoms with E-state index in [2.05, 4.69) is 15.3 Å². The number of likely N-dealkylation sites (N-methyl/N-ethyl adjacent to an activating group) is 1. The molecular formula is C16H23N5O3-2.